The number of piperazine rings is 1. The van der Waals surface area contributed by atoms with Gasteiger partial charge in [0, 0.05) is 25.2 Å². The molecule has 0 unspecified atom stereocenters. The molecule has 3 rings (SSSR count). The van der Waals surface area contributed by atoms with Gasteiger partial charge in [0.2, 0.25) is 0 Å². The van der Waals surface area contributed by atoms with Gasteiger partial charge in [0.1, 0.15) is 0 Å². The molecule has 2 atom stereocenters. The molecule has 21 heavy (non-hydrogen) atoms. The Bertz CT molecular complexity index is 652. The van der Waals surface area contributed by atoms with Gasteiger partial charge in [0.05, 0.1) is 15.8 Å². The summed E-state index contributed by atoms with van der Waals surface area (Å²) in [5.41, 5.74) is 0.00770. The van der Waals surface area contributed by atoms with Gasteiger partial charge in [0.15, 0.2) is 5.13 Å². The third-order valence-corrected chi connectivity index (χ3v) is 4.77. The molecule has 3 nitrogen and oxygen atoms in total. The van der Waals surface area contributed by atoms with Gasteiger partial charge in [-0.15, -0.1) is 0 Å². The van der Waals surface area contributed by atoms with Crippen LogP contribution in [0.15, 0.2) is 18.2 Å². The van der Waals surface area contributed by atoms with E-state index in [-0.39, 0.29) is 6.04 Å². The molecule has 0 radical (unpaired) electrons. The molecule has 0 bridgehead atoms. The summed E-state index contributed by atoms with van der Waals surface area (Å²) in [4.78, 5) is 6.66. The summed E-state index contributed by atoms with van der Waals surface area (Å²) in [6.07, 6.45) is -4.31. The summed E-state index contributed by atoms with van der Waals surface area (Å²) >= 11 is 1.33. The molecule has 1 fully saturated rings. The Morgan fingerprint density at radius 3 is 2.81 bits per heavy atom. The van der Waals surface area contributed by atoms with Gasteiger partial charge in [-0.3, -0.25) is 0 Å². The van der Waals surface area contributed by atoms with E-state index in [9.17, 15) is 13.2 Å². The second-order valence-electron chi connectivity index (χ2n) is 5.49. The first-order valence-electron chi connectivity index (χ1n) is 6.82. The van der Waals surface area contributed by atoms with Gasteiger partial charge >= 0.3 is 6.18 Å². The maximum absolute atomic E-state index is 12.8. The van der Waals surface area contributed by atoms with Crippen LogP contribution in [0.25, 0.3) is 10.2 Å². The van der Waals surface area contributed by atoms with Crippen molar-refractivity contribution < 1.29 is 13.2 Å². The second-order valence-corrected chi connectivity index (χ2v) is 6.50. The predicted octanol–water partition coefficient (Wildman–Crippen LogP) is 3.50. The van der Waals surface area contributed by atoms with Gasteiger partial charge in [-0.05, 0) is 32.0 Å². The summed E-state index contributed by atoms with van der Waals surface area (Å²) in [5.74, 6) is 0. The zero-order valence-electron chi connectivity index (χ0n) is 11.7. The smallest absolute Gasteiger partial charge is 0.343 e. The van der Waals surface area contributed by atoms with Crippen LogP contribution in [0.3, 0.4) is 0 Å². The number of aromatic nitrogens is 1. The molecule has 1 saturated heterocycles. The number of anilines is 1. The number of fused-ring (bicyclic) bond motifs is 1. The average molecular weight is 315 g/mol. The molecule has 2 aromatic rings. The average Bonchev–Trinajstić information content (AvgIpc) is 2.83. The lowest BCUT2D eigenvalue weighted by Gasteiger charge is -2.37. The topological polar surface area (TPSA) is 28.2 Å². The normalized spacial score (nSPS) is 23.8. The fourth-order valence-electron chi connectivity index (χ4n) is 2.50. The first-order chi connectivity index (χ1) is 9.84. The van der Waals surface area contributed by atoms with E-state index >= 15 is 0 Å². The highest BCUT2D eigenvalue weighted by molar-refractivity contribution is 7.22. The molecule has 1 aromatic carbocycles. The highest BCUT2D eigenvalue weighted by Gasteiger charge is 2.31. The number of thiazole rings is 1. The largest absolute Gasteiger partial charge is 0.416 e. The van der Waals surface area contributed by atoms with Crippen LogP contribution in [0.4, 0.5) is 18.3 Å². The highest BCUT2D eigenvalue weighted by atomic mass is 32.1. The zero-order chi connectivity index (χ0) is 15.2. The summed E-state index contributed by atoms with van der Waals surface area (Å²) in [7, 11) is 0. The van der Waals surface area contributed by atoms with Crippen LogP contribution in [-0.2, 0) is 6.18 Å². The highest BCUT2D eigenvalue weighted by Crippen LogP contribution is 2.36. The van der Waals surface area contributed by atoms with Crippen molar-refractivity contribution in [2.24, 2.45) is 0 Å². The van der Waals surface area contributed by atoms with Gasteiger partial charge in [-0.2, -0.15) is 13.2 Å². The first kappa shape index (κ1) is 14.6. The van der Waals surface area contributed by atoms with Crippen molar-refractivity contribution in [3.8, 4) is 0 Å². The SMILES string of the molecule is C[C@@H]1CN(c2nc3ccc(C(F)(F)F)cc3s2)[C@H](C)CN1. The zero-order valence-corrected chi connectivity index (χ0v) is 12.6. The standard InChI is InChI=1S/C14H16F3N3S/c1-8-7-20(9(2)6-18-8)13-19-11-4-3-10(14(15,16)17)5-12(11)21-13/h3-5,8-9,18H,6-7H2,1-2H3/t8-,9-/m1/s1. The van der Waals surface area contributed by atoms with Crippen LogP contribution < -0.4 is 10.2 Å². The minimum Gasteiger partial charge on any atom is -0.343 e. The van der Waals surface area contributed by atoms with Gasteiger partial charge in [-0.1, -0.05) is 11.3 Å². The molecule has 0 aliphatic carbocycles. The Morgan fingerprint density at radius 1 is 1.33 bits per heavy atom. The van der Waals surface area contributed by atoms with Gasteiger partial charge < -0.3 is 10.2 Å². The molecule has 0 amide bonds. The van der Waals surface area contributed by atoms with Crippen molar-refractivity contribution in [3.63, 3.8) is 0 Å². The summed E-state index contributed by atoms with van der Waals surface area (Å²) in [5, 5.41) is 4.18. The Hall–Kier alpha value is -1.34. The van der Waals surface area contributed by atoms with Crippen molar-refractivity contribution in [1.29, 1.82) is 0 Å². The van der Waals surface area contributed by atoms with Crippen molar-refractivity contribution in [2.75, 3.05) is 18.0 Å². The molecule has 1 N–H and O–H groups in total. The Labute approximate surface area is 124 Å². The van der Waals surface area contributed by atoms with E-state index in [1.165, 1.54) is 23.5 Å². The maximum atomic E-state index is 12.8. The molecule has 1 aromatic heterocycles. The van der Waals surface area contributed by atoms with E-state index in [0.29, 0.717) is 16.3 Å². The monoisotopic (exact) mass is 315 g/mol. The van der Waals surface area contributed by atoms with Gasteiger partial charge in [-0.25, -0.2) is 4.98 Å². The van der Waals surface area contributed by atoms with Crippen molar-refractivity contribution in [3.05, 3.63) is 23.8 Å². The lowest BCUT2D eigenvalue weighted by atomic mass is 10.1. The summed E-state index contributed by atoms with van der Waals surface area (Å²) in [6.45, 7) is 5.85. The van der Waals surface area contributed by atoms with Crippen molar-refractivity contribution >= 4 is 26.7 Å². The van der Waals surface area contributed by atoms with Crippen LogP contribution in [0.1, 0.15) is 19.4 Å². The van der Waals surface area contributed by atoms with E-state index in [1.54, 1.807) is 0 Å². The van der Waals surface area contributed by atoms with E-state index in [2.05, 4.69) is 29.0 Å². The molecular weight excluding hydrogens is 299 g/mol. The van der Waals surface area contributed by atoms with E-state index in [1.807, 2.05) is 0 Å². The number of alkyl halides is 3. The number of hydrogen-bond acceptors (Lipinski definition) is 4. The quantitative estimate of drug-likeness (QED) is 0.873. The fraction of sp³-hybridized carbons (Fsp3) is 0.500. The minimum atomic E-state index is -4.31. The Balaban J connectivity index is 1.97. The molecule has 0 spiro atoms. The second kappa shape index (κ2) is 5.14. The number of hydrogen-bond donors (Lipinski definition) is 1. The number of halogens is 3. The first-order valence-corrected chi connectivity index (χ1v) is 7.64. The molecule has 0 saturated carbocycles. The molecule has 7 heteroatoms. The van der Waals surface area contributed by atoms with Crippen LogP contribution in [0, 0.1) is 0 Å². The van der Waals surface area contributed by atoms with Crippen molar-refractivity contribution in [2.45, 2.75) is 32.1 Å². The van der Waals surface area contributed by atoms with Crippen LogP contribution in [0.5, 0.6) is 0 Å². The van der Waals surface area contributed by atoms with Crippen molar-refractivity contribution in [1.82, 2.24) is 10.3 Å². The lowest BCUT2D eigenvalue weighted by molar-refractivity contribution is -0.137. The number of nitrogens with zero attached hydrogens (tertiary/aromatic N) is 2. The van der Waals surface area contributed by atoms with Crippen LogP contribution in [-0.4, -0.2) is 30.2 Å². The Kier molecular flexibility index (Phi) is 3.57. The third-order valence-electron chi connectivity index (χ3n) is 3.71. The molecule has 2 heterocycles. The molecule has 114 valence electrons. The minimum absolute atomic E-state index is 0.281. The third kappa shape index (κ3) is 2.85. The van der Waals surface area contributed by atoms with E-state index < -0.39 is 11.7 Å². The van der Waals surface area contributed by atoms with E-state index in [4.69, 9.17) is 0 Å². The van der Waals surface area contributed by atoms with E-state index in [0.717, 1.165) is 24.3 Å². The predicted molar refractivity (Wildman–Crippen MR) is 78.9 cm³/mol. The molecule has 1 aliphatic rings. The van der Waals surface area contributed by atoms with Crippen LogP contribution >= 0.6 is 11.3 Å². The number of rotatable bonds is 1. The number of benzene rings is 1. The summed E-state index contributed by atoms with van der Waals surface area (Å²) < 4.78 is 38.8. The molecule has 1 aliphatic heterocycles. The maximum Gasteiger partial charge on any atom is 0.416 e. The fourth-order valence-corrected chi connectivity index (χ4v) is 3.62. The van der Waals surface area contributed by atoms with Crippen LogP contribution in [0.2, 0.25) is 0 Å². The summed E-state index contributed by atoms with van der Waals surface area (Å²) in [6, 6.07) is 4.36. The lowest BCUT2D eigenvalue weighted by Crippen LogP contribution is -2.54. The molecular formula is C14H16F3N3S. The Morgan fingerprint density at radius 2 is 2.10 bits per heavy atom. The van der Waals surface area contributed by atoms with Gasteiger partial charge in [0.25, 0.3) is 0 Å². The number of nitrogens with one attached hydrogen (secondary N) is 1.